The highest BCUT2D eigenvalue weighted by Gasteiger charge is 2.52. The first kappa shape index (κ1) is 23.0. The Morgan fingerprint density at radius 1 is 0.857 bits per heavy atom. The minimum absolute atomic E-state index is 0.0745. The molecule has 178 valence electrons. The van der Waals surface area contributed by atoms with Crippen LogP contribution in [0.4, 0.5) is 5.69 Å². The van der Waals surface area contributed by atoms with Crippen molar-refractivity contribution in [2.45, 2.75) is 50.5 Å². The molecule has 3 aromatic rings. The van der Waals surface area contributed by atoms with E-state index in [4.69, 9.17) is 5.41 Å². The first-order chi connectivity index (χ1) is 17.1. The molecule has 2 amide bonds. The van der Waals surface area contributed by atoms with E-state index in [2.05, 4.69) is 5.32 Å². The fraction of sp³-hybridized carbons (Fsp3) is 0.300. The number of benzene rings is 3. The quantitative estimate of drug-likeness (QED) is 0.476. The molecule has 5 nitrogen and oxygen atoms in total. The summed E-state index contributed by atoms with van der Waals surface area (Å²) >= 11 is 0. The minimum Gasteiger partial charge on any atom is -0.326 e. The fourth-order valence-electron chi connectivity index (χ4n) is 5.49. The summed E-state index contributed by atoms with van der Waals surface area (Å²) in [4.78, 5) is 28.1. The van der Waals surface area contributed by atoms with Crippen LogP contribution < -0.4 is 5.32 Å². The van der Waals surface area contributed by atoms with Crippen LogP contribution in [-0.4, -0.2) is 22.5 Å². The minimum atomic E-state index is -0.895. The van der Waals surface area contributed by atoms with E-state index in [1.165, 1.54) is 6.42 Å². The molecule has 1 aliphatic carbocycles. The number of amidine groups is 1. The third kappa shape index (κ3) is 4.51. The van der Waals surface area contributed by atoms with Gasteiger partial charge in [-0.15, -0.1) is 0 Å². The maximum Gasteiger partial charge on any atom is 0.243 e. The van der Waals surface area contributed by atoms with Gasteiger partial charge in [0.2, 0.25) is 11.8 Å². The van der Waals surface area contributed by atoms with Gasteiger partial charge in [0.05, 0.1) is 6.54 Å². The van der Waals surface area contributed by atoms with Crippen LogP contribution in [0.2, 0.25) is 0 Å². The van der Waals surface area contributed by atoms with Gasteiger partial charge in [0.1, 0.15) is 11.3 Å². The second-order valence-corrected chi connectivity index (χ2v) is 9.67. The van der Waals surface area contributed by atoms with Crippen LogP contribution in [0.5, 0.6) is 0 Å². The zero-order valence-electron chi connectivity index (χ0n) is 19.9. The molecular formula is C30H31N3O2. The number of anilines is 1. The Bertz CT molecular complexity index is 1160. The topological polar surface area (TPSA) is 73.3 Å². The number of amides is 2. The molecule has 5 heteroatoms. The van der Waals surface area contributed by atoms with Crippen molar-refractivity contribution in [2.75, 3.05) is 5.32 Å². The average Bonchev–Trinajstić information content (AvgIpc) is 3.17. The van der Waals surface area contributed by atoms with Crippen molar-refractivity contribution in [1.29, 1.82) is 5.41 Å². The number of rotatable bonds is 6. The van der Waals surface area contributed by atoms with E-state index in [0.29, 0.717) is 18.8 Å². The van der Waals surface area contributed by atoms with Gasteiger partial charge in [-0.1, -0.05) is 92.1 Å². The molecule has 1 saturated carbocycles. The molecule has 2 fully saturated rings. The predicted octanol–water partition coefficient (Wildman–Crippen LogP) is 5.90. The van der Waals surface area contributed by atoms with Crippen molar-refractivity contribution in [2.24, 2.45) is 5.92 Å². The summed E-state index contributed by atoms with van der Waals surface area (Å²) in [5.41, 5.74) is 2.62. The Morgan fingerprint density at radius 3 is 2.00 bits per heavy atom. The van der Waals surface area contributed by atoms with E-state index in [9.17, 15) is 9.59 Å². The summed E-state index contributed by atoms with van der Waals surface area (Å²) < 4.78 is 0. The molecule has 2 N–H and O–H groups in total. The van der Waals surface area contributed by atoms with Crippen molar-refractivity contribution in [3.8, 4) is 0 Å². The molecule has 0 aromatic heterocycles. The third-order valence-corrected chi connectivity index (χ3v) is 7.44. The van der Waals surface area contributed by atoms with E-state index < -0.39 is 5.41 Å². The van der Waals surface area contributed by atoms with Gasteiger partial charge >= 0.3 is 0 Å². The summed E-state index contributed by atoms with van der Waals surface area (Å²) in [5.74, 6) is 0.451. The summed E-state index contributed by atoms with van der Waals surface area (Å²) in [6.45, 7) is 0.329. The highest BCUT2D eigenvalue weighted by molar-refractivity contribution is 6.12. The number of nitrogens with zero attached hydrogens (tertiary/aromatic N) is 1. The molecule has 1 heterocycles. The van der Waals surface area contributed by atoms with E-state index in [1.807, 2.05) is 84.9 Å². The predicted molar refractivity (Wildman–Crippen MR) is 138 cm³/mol. The number of hydrogen-bond donors (Lipinski definition) is 2. The molecule has 35 heavy (non-hydrogen) atoms. The van der Waals surface area contributed by atoms with E-state index in [0.717, 1.165) is 48.1 Å². The molecular weight excluding hydrogens is 434 g/mol. The Balaban J connectivity index is 1.35. The van der Waals surface area contributed by atoms with Crippen LogP contribution in [0, 0.1) is 11.3 Å². The Kier molecular flexibility index (Phi) is 6.49. The maximum atomic E-state index is 14.0. The van der Waals surface area contributed by atoms with Crippen molar-refractivity contribution in [3.63, 3.8) is 0 Å². The summed E-state index contributed by atoms with van der Waals surface area (Å²) in [5, 5.41) is 11.8. The number of likely N-dealkylation sites (tertiary alicyclic amines) is 1. The smallest absolute Gasteiger partial charge is 0.243 e. The zero-order chi connectivity index (χ0) is 24.3. The van der Waals surface area contributed by atoms with Crippen LogP contribution in [0.25, 0.3) is 0 Å². The van der Waals surface area contributed by atoms with Crippen LogP contribution in [-0.2, 0) is 21.5 Å². The largest absolute Gasteiger partial charge is 0.326 e. The molecule has 0 bridgehead atoms. The number of nitrogens with one attached hydrogen (secondary N) is 2. The Labute approximate surface area is 206 Å². The number of hydrogen-bond acceptors (Lipinski definition) is 3. The summed E-state index contributed by atoms with van der Waals surface area (Å²) in [7, 11) is 0. The van der Waals surface area contributed by atoms with E-state index in [1.54, 1.807) is 4.90 Å². The van der Waals surface area contributed by atoms with Gasteiger partial charge in [-0.05, 0) is 41.7 Å². The van der Waals surface area contributed by atoms with Gasteiger partial charge in [-0.3, -0.25) is 19.9 Å². The van der Waals surface area contributed by atoms with Crippen LogP contribution in [0.15, 0.2) is 84.9 Å². The van der Waals surface area contributed by atoms with Crippen LogP contribution in [0.3, 0.4) is 0 Å². The summed E-state index contributed by atoms with van der Waals surface area (Å²) in [6, 6.07) is 27.2. The Morgan fingerprint density at radius 2 is 1.43 bits per heavy atom. The molecule has 5 rings (SSSR count). The van der Waals surface area contributed by atoms with Crippen LogP contribution in [0.1, 0.15) is 55.2 Å². The molecule has 0 atom stereocenters. The lowest BCUT2D eigenvalue weighted by Crippen LogP contribution is -2.39. The van der Waals surface area contributed by atoms with Gasteiger partial charge < -0.3 is 5.32 Å². The van der Waals surface area contributed by atoms with Crippen molar-refractivity contribution < 1.29 is 9.59 Å². The standard InChI is InChI=1S/C30H31N3O2/c31-27-20-30(24-12-6-2-7-13-24,25-14-8-3-9-15-25)29(35)33(27)21-22-16-18-26(19-17-22)32-28(34)23-10-4-1-5-11-23/h2-3,6-9,12-19,23,31H,1,4-5,10-11,20-21H2,(H,32,34). The van der Waals surface area contributed by atoms with E-state index >= 15 is 0 Å². The molecule has 1 saturated heterocycles. The highest BCUT2D eigenvalue weighted by atomic mass is 16.2. The maximum absolute atomic E-state index is 14.0. The molecule has 0 radical (unpaired) electrons. The monoisotopic (exact) mass is 465 g/mol. The second-order valence-electron chi connectivity index (χ2n) is 9.67. The fourth-order valence-corrected chi connectivity index (χ4v) is 5.49. The Hall–Kier alpha value is -3.73. The molecule has 3 aromatic carbocycles. The lowest BCUT2D eigenvalue weighted by atomic mass is 9.73. The highest BCUT2D eigenvalue weighted by Crippen LogP contribution is 2.43. The first-order valence-electron chi connectivity index (χ1n) is 12.5. The van der Waals surface area contributed by atoms with Crippen molar-refractivity contribution in [1.82, 2.24) is 4.90 Å². The van der Waals surface area contributed by atoms with Crippen molar-refractivity contribution >= 4 is 23.3 Å². The second kappa shape index (κ2) is 9.87. The average molecular weight is 466 g/mol. The van der Waals surface area contributed by atoms with Crippen molar-refractivity contribution in [3.05, 3.63) is 102 Å². The van der Waals surface area contributed by atoms with E-state index in [-0.39, 0.29) is 17.7 Å². The first-order valence-corrected chi connectivity index (χ1v) is 12.5. The number of carbonyl (C=O) groups is 2. The van der Waals surface area contributed by atoms with Gasteiger partial charge in [0, 0.05) is 18.0 Å². The molecule has 2 aliphatic rings. The van der Waals surface area contributed by atoms with Gasteiger partial charge in [0.25, 0.3) is 0 Å². The van der Waals surface area contributed by atoms with Gasteiger partial charge in [-0.2, -0.15) is 0 Å². The summed E-state index contributed by atoms with van der Waals surface area (Å²) in [6.07, 6.45) is 5.73. The normalized spacial score (nSPS) is 18.0. The zero-order valence-corrected chi connectivity index (χ0v) is 19.9. The molecule has 1 aliphatic heterocycles. The molecule has 0 unspecified atom stereocenters. The number of carbonyl (C=O) groups excluding carboxylic acids is 2. The lowest BCUT2D eigenvalue weighted by molar-refractivity contribution is -0.130. The lowest BCUT2D eigenvalue weighted by Gasteiger charge is -2.28. The third-order valence-electron chi connectivity index (χ3n) is 7.44. The van der Waals surface area contributed by atoms with Gasteiger partial charge in [0.15, 0.2) is 0 Å². The van der Waals surface area contributed by atoms with Gasteiger partial charge in [-0.25, -0.2) is 0 Å². The molecule has 0 spiro atoms. The SMILES string of the molecule is N=C1CC(c2ccccc2)(c2ccccc2)C(=O)N1Cc1ccc(NC(=O)C2CCCCC2)cc1. The van der Waals surface area contributed by atoms with Crippen LogP contribution >= 0.6 is 0 Å².